The Morgan fingerprint density at radius 3 is 2.61 bits per heavy atom. The van der Waals surface area contributed by atoms with E-state index in [2.05, 4.69) is 22.9 Å². The standard InChI is InChI=1S/C15H17N3/c1-11(17-2)15-10-13(7-8-18-15)9-12-3-5-14(16)6-4-12/h3-8,10,17H,1,9,16H2,2H3. The maximum Gasteiger partial charge on any atom is 0.0857 e. The van der Waals surface area contributed by atoms with E-state index in [9.17, 15) is 0 Å². The molecule has 3 heteroatoms. The molecular formula is C15H17N3. The Hall–Kier alpha value is -2.29. The van der Waals surface area contributed by atoms with Crippen molar-refractivity contribution < 1.29 is 0 Å². The summed E-state index contributed by atoms with van der Waals surface area (Å²) in [4.78, 5) is 4.28. The van der Waals surface area contributed by atoms with Crippen LogP contribution in [-0.4, -0.2) is 12.0 Å². The van der Waals surface area contributed by atoms with Crippen LogP contribution in [0.15, 0.2) is 49.2 Å². The van der Waals surface area contributed by atoms with Gasteiger partial charge in [0.25, 0.3) is 0 Å². The third kappa shape index (κ3) is 2.88. The fraction of sp³-hybridized carbons (Fsp3) is 0.133. The van der Waals surface area contributed by atoms with E-state index in [1.54, 1.807) is 0 Å². The van der Waals surface area contributed by atoms with Gasteiger partial charge >= 0.3 is 0 Å². The van der Waals surface area contributed by atoms with Crippen LogP contribution in [0.1, 0.15) is 16.8 Å². The Labute approximate surface area is 107 Å². The Morgan fingerprint density at radius 1 is 1.22 bits per heavy atom. The number of hydrogen-bond donors (Lipinski definition) is 2. The minimum atomic E-state index is 0.790. The number of pyridine rings is 1. The van der Waals surface area contributed by atoms with Crippen LogP contribution in [0.4, 0.5) is 5.69 Å². The number of hydrogen-bond acceptors (Lipinski definition) is 3. The molecule has 18 heavy (non-hydrogen) atoms. The van der Waals surface area contributed by atoms with Crippen molar-refractivity contribution in [3.63, 3.8) is 0 Å². The number of nitrogens with two attached hydrogens (primary N) is 1. The molecule has 0 bridgehead atoms. The van der Waals surface area contributed by atoms with E-state index < -0.39 is 0 Å². The summed E-state index contributed by atoms with van der Waals surface area (Å²) in [6.07, 6.45) is 2.68. The van der Waals surface area contributed by atoms with E-state index in [0.717, 1.165) is 23.5 Å². The van der Waals surface area contributed by atoms with Crippen LogP contribution < -0.4 is 11.1 Å². The van der Waals surface area contributed by atoms with Crippen molar-refractivity contribution in [2.45, 2.75) is 6.42 Å². The van der Waals surface area contributed by atoms with E-state index in [4.69, 9.17) is 5.73 Å². The lowest BCUT2D eigenvalue weighted by Crippen LogP contribution is -2.05. The van der Waals surface area contributed by atoms with Crippen molar-refractivity contribution in [2.24, 2.45) is 0 Å². The predicted molar refractivity (Wildman–Crippen MR) is 76.0 cm³/mol. The van der Waals surface area contributed by atoms with Gasteiger partial charge in [-0.25, -0.2) is 0 Å². The van der Waals surface area contributed by atoms with Gasteiger partial charge in [0.2, 0.25) is 0 Å². The molecule has 2 rings (SSSR count). The van der Waals surface area contributed by atoms with Gasteiger partial charge in [-0.2, -0.15) is 0 Å². The van der Waals surface area contributed by atoms with E-state index >= 15 is 0 Å². The molecule has 0 amide bonds. The highest BCUT2D eigenvalue weighted by Gasteiger charge is 2.01. The quantitative estimate of drug-likeness (QED) is 0.806. The van der Waals surface area contributed by atoms with Gasteiger partial charge in [-0.15, -0.1) is 0 Å². The molecule has 1 aromatic heterocycles. The second kappa shape index (κ2) is 5.36. The molecule has 0 spiro atoms. The van der Waals surface area contributed by atoms with Gasteiger partial charge in [-0.3, -0.25) is 4.98 Å². The van der Waals surface area contributed by atoms with E-state index in [-0.39, 0.29) is 0 Å². The largest absolute Gasteiger partial charge is 0.399 e. The zero-order chi connectivity index (χ0) is 13.0. The molecule has 0 saturated heterocycles. The SMILES string of the molecule is C=C(NC)c1cc(Cc2ccc(N)cc2)ccn1. The molecule has 3 nitrogen and oxygen atoms in total. The molecule has 0 unspecified atom stereocenters. The van der Waals surface area contributed by atoms with Gasteiger partial charge in [0.15, 0.2) is 0 Å². The van der Waals surface area contributed by atoms with Crippen molar-refractivity contribution in [1.29, 1.82) is 0 Å². The first-order valence-corrected chi connectivity index (χ1v) is 5.85. The Balaban J connectivity index is 2.19. The van der Waals surface area contributed by atoms with Crippen LogP contribution in [0.3, 0.4) is 0 Å². The molecule has 3 N–H and O–H groups in total. The topological polar surface area (TPSA) is 50.9 Å². The van der Waals surface area contributed by atoms with Gasteiger partial charge in [0.1, 0.15) is 0 Å². The second-order valence-corrected chi connectivity index (χ2v) is 4.20. The van der Waals surface area contributed by atoms with Crippen molar-refractivity contribution in [2.75, 3.05) is 12.8 Å². The minimum absolute atomic E-state index is 0.790. The van der Waals surface area contributed by atoms with Crippen LogP contribution >= 0.6 is 0 Å². The lowest BCUT2D eigenvalue weighted by molar-refractivity contribution is 1.08. The first-order valence-electron chi connectivity index (χ1n) is 5.85. The number of rotatable bonds is 4. The Morgan fingerprint density at radius 2 is 1.94 bits per heavy atom. The summed E-state index contributed by atoms with van der Waals surface area (Å²) in [6, 6.07) is 12.0. The normalized spacial score (nSPS) is 10.1. The monoisotopic (exact) mass is 239 g/mol. The number of aromatic nitrogens is 1. The number of nitrogens with zero attached hydrogens (tertiary/aromatic N) is 1. The summed E-state index contributed by atoms with van der Waals surface area (Å²) >= 11 is 0. The third-order valence-corrected chi connectivity index (χ3v) is 2.82. The van der Waals surface area contributed by atoms with Crippen LogP contribution in [0.5, 0.6) is 0 Å². The average Bonchev–Trinajstić information content (AvgIpc) is 2.41. The lowest BCUT2D eigenvalue weighted by atomic mass is 10.0. The molecule has 0 saturated carbocycles. The molecule has 92 valence electrons. The molecule has 0 fully saturated rings. The fourth-order valence-corrected chi connectivity index (χ4v) is 1.75. The number of nitrogens with one attached hydrogen (secondary N) is 1. The summed E-state index contributed by atoms with van der Waals surface area (Å²) in [7, 11) is 1.84. The molecule has 0 aliphatic heterocycles. The zero-order valence-corrected chi connectivity index (χ0v) is 10.5. The van der Waals surface area contributed by atoms with Gasteiger partial charge in [-0.1, -0.05) is 18.7 Å². The molecule has 0 atom stereocenters. The van der Waals surface area contributed by atoms with Gasteiger partial charge in [0.05, 0.1) is 11.4 Å². The average molecular weight is 239 g/mol. The summed E-state index contributed by atoms with van der Waals surface area (Å²) in [5.74, 6) is 0. The predicted octanol–water partition coefficient (Wildman–Crippen LogP) is 2.44. The van der Waals surface area contributed by atoms with Crippen LogP contribution in [0.2, 0.25) is 0 Å². The maximum atomic E-state index is 5.67. The van der Waals surface area contributed by atoms with Crippen LogP contribution in [0, 0.1) is 0 Å². The number of nitrogen functional groups attached to an aromatic ring is 1. The van der Waals surface area contributed by atoms with Crippen molar-refractivity contribution in [3.05, 3.63) is 66.0 Å². The van der Waals surface area contributed by atoms with E-state index in [0.29, 0.717) is 0 Å². The smallest absolute Gasteiger partial charge is 0.0857 e. The van der Waals surface area contributed by atoms with Crippen molar-refractivity contribution in [3.8, 4) is 0 Å². The van der Waals surface area contributed by atoms with E-state index in [1.165, 1.54) is 11.1 Å². The summed E-state index contributed by atoms with van der Waals surface area (Å²) in [5.41, 5.74) is 10.6. The third-order valence-electron chi connectivity index (χ3n) is 2.82. The lowest BCUT2D eigenvalue weighted by Gasteiger charge is -2.07. The Kier molecular flexibility index (Phi) is 3.63. The highest BCUT2D eigenvalue weighted by Crippen LogP contribution is 2.14. The summed E-state index contributed by atoms with van der Waals surface area (Å²) in [6.45, 7) is 3.91. The maximum absolute atomic E-state index is 5.67. The summed E-state index contributed by atoms with van der Waals surface area (Å²) < 4.78 is 0. The van der Waals surface area contributed by atoms with Gasteiger partial charge < -0.3 is 11.1 Å². The van der Waals surface area contributed by atoms with Gasteiger partial charge in [-0.05, 0) is 41.8 Å². The zero-order valence-electron chi connectivity index (χ0n) is 10.5. The highest BCUT2D eigenvalue weighted by atomic mass is 14.9. The molecular weight excluding hydrogens is 222 g/mol. The minimum Gasteiger partial charge on any atom is -0.399 e. The molecule has 0 aliphatic rings. The first kappa shape index (κ1) is 12.2. The van der Waals surface area contributed by atoms with Crippen molar-refractivity contribution >= 4 is 11.4 Å². The second-order valence-electron chi connectivity index (χ2n) is 4.20. The number of benzene rings is 1. The first-order chi connectivity index (χ1) is 8.69. The summed E-state index contributed by atoms with van der Waals surface area (Å²) in [5, 5.41) is 3.01. The fourth-order valence-electron chi connectivity index (χ4n) is 1.75. The Bertz CT molecular complexity index is 544. The van der Waals surface area contributed by atoms with E-state index in [1.807, 2.05) is 43.6 Å². The van der Waals surface area contributed by atoms with Crippen LogP contribution in [-0.2, 0) is 6.42 Å². The van der Waals surface area contributed by atoms with Crippen molar-refractivity contribution in [1.82, 2.24) is 10.3 Å². The van der Waals surface area contributed by atoms with Crippen LogP contribution in [0.25, 0.3) is 5.70 Å². The molecule has 1 aromatic carbocycles. The molecule has 0 aliphatic carbocycles. The van der Waals surface area contributed by atoms with Gasteiger partial charge in [0, 0.05) is 18.9 Å². The molecule has 0 radical (unpaired) electrons. The highest BCUT2D eigenvalue weighted by molar-refractivity contribution is 5.58. The molecule has 1 heterocycles. The molecule has 2 aromatic rings. The number of anilines is 1.